The van der Waals surface area contributed by atoms with E-state index in [0.29, 0.717) is 25.3 Å². The number of nitrogens with zero attached hydrogens (tertiary/aromatic N) is 6. The number of nitrogens with one attached hydrogen (secondary N) is 1. The fraction of sp³-hybridized carbons (Fsp3) is 0.318. The maximum Gasteiger partial charge on any atom is 0.223 e. The zero-order valence-corrected chi connectivity index (χ0v) is 16.9. The summed E-state index contributed by atoms with van der Waals surface area (Å²) in [5.41, 5.74) is 4.52. The number of anilines is 2. The molecule has 30 heavy (non-hydrogen) atoms. The van der Waals surface area contributed by atoms with Crippen LogP contribution in [0.4, 0.5) is 11.5 Å². The van der Waals surface area contributed by atoms with Crippen molar-refractivity contribution in [1.82, 2.24) is 19.9 Å². The molecule has 1 fully saturated rings. The average molecular weight is 401 g/mol. The number of aromatic nitrogens is 3. The van der Waals surface area contributed by atoms with Gasteiger partial charge in [-0.25, -0.2) is 9.97 Å². The van der Waals surface area contributed by atoms with Gasteiger partial charge < -0.3 is 15.1 Å². The lowest BCUT2D eigenvalue weighted by molar-refractivity contribution is -0.131. The van der Waals surface area contributed by atoms with Gasteiger partial charge >= 0.3 is 0 Å². The SMILES string of the molecule is CNc1nc(-c2ccc(N3CCN(C(=O)CCC#N)CC3)cc2)cc2nccnc12. The van der Waals surface area contributed by atoms with Crippen molar-refractivity contribution in [3.8, 4) is 17.3 Å². The first-order valence-corrected chi connectivity index (χ1v) is 9.99. The van der Waals surface area contributed by atoms with E-state index >= 15 is 0 Å². The molecular formula is C22H23N7O. The smallest absolute Gasteiger partial charge is 0.223 e. The third-order valence-electron chi connectivity index (χ3n) is 5.30. The van der Waals surface area contributed by atoms with E-state index in [4.69, 9.17) is 10.2 Å². The quantitative estimate of drug-likeness (QED) is 0.702. The highest BCUT2D eigenvalue weighted by atomic mass is 16.2. The number of hydrogen-bond donors (Lipinski definition) is 1. The topological polar surface area (TPSA) is 98.0 Å². The van der Waals surface area contributed by atoms with Crippen molar-refractivity contribution < 1.29 is 4.79 Å². The van der Waals surface area contributed by atoms with Crippen LogP contribution in [0.15, 0.2) is 42.7 Å². The van der Waals surface area contributed by atoms with Gasteiger partial charge in [0, 0.05) is 69.7 Å². The second-order valence-electron chi connectivity index (χ2n) is 7.10. The standard InChI is InChI=1S/C22H23N7O/c1-24-22-21-19(25-9-10-26-21)15-18(27-22)16-4-6-17(7-5-16)28-11-13-29(14-12-28)20(30)3-2-8-23/h4-7,9-10,15H,2-3,11-14H2,1H3,(H,24,27). The number of rotatable bonds is 5. The molecule has 3 heterocycles. The third-order valence-corrected chi connectivity index (χ3v) is 5.30. The number of piperazine rings is 1. The minimum Gasteiger partial charge on any atom is -0.371 e. The number of pyridine rings is 1. The van der Waals surface area contributed by atoms with Gasteiger partial charge in [-0.05, 0) is 18.2 Å². The van der Waals surface area contributed by atoms with E-state index in [-0.39, 0.29) is 12.3 Å². The van der Waals surface area contributed by atoms with Crippen LogP contribution >= 0.6 is 0 Å². The van der Waals surface area contributed by atoms with Crippen LogP contribution in [0.25, 0.3) is 22.3 Å². The summed E-state index contributed by atoms with van der Waals surface area (Å²) in [4.78, 5) is 29.7. The summed E-state index contributed by atoms with van der Waals surface area (Å²) in [5.74, 6) is 0.772. The first kappa shape index (κ1) is 19.6. The highest BCUT2D eigenvalue weighted by Crippen LogP contribution is 2.27. The molecule has 1 aliphatic heterocycles. The first-order chi connectivity index (χ1) is 14.7. The normalized spacial score (nSPS) is 13.9. The third kappa shape index (κ3) is 4.01. The van der Waals surface area contributed by atoms with Gasteiger partial charge in [0.2, 0.25) is 5.91 Å². The summed E-state index contributed by atoms with van der Waals surface area (Å²) in [6.07, 6.45) is 3.93. The van der Waals surface area contributed by atoms with Crippen molar-refractivity contribution >= 4 is 28.4 Å². The van der Waals surface area contributed by atoms with Crippen LogP contribution in [0.1, 0.15) is 12.8 Å². The summed E-state index contributed by atoms with van der Waals surface area (Å²) in [6.45, 7) is 2.93. The number of nitriles is 1. The van der Waals surface area contributed by atoms with Gasteiger partial charge in [0.05, 0.1) is 17.3 Å². The van der Waals surface area contributed by atoms with Gasteiger partial charge in [-0.2, -0.15) is 5.26 Å². The molecular weight excluding hydrogens is 378 g/mol. The number of benzene rings is 1. The minimum atomic E-state index is 0.0670. The molecule has 0 aliphatic carbocycles. The van der Waals surface area contributed by atoms with E-state index in [2.05, 4.69) is 44.5 Å². The molecule has 8 nitrogen and oxygen atoms in total. The Balaban J connectivity index is 1.47. The predicted molar refractivity (Wildman–Crippen MR) is 116 cm³/mol. The van der Waals surface area contributed by atoms with Crippen LogP contribution in [0.2, 0.25) is 0 Å². The summed E-state index contributed by atoms with van der Waals surface area (Å²) >= 11 is 0. The summed E-state index contributed by atoms with van der Waals surface area (Å²) in [7, 11) is 1.83. The molecule has 8 heteroatoms. The highest BCUT2D eigenvalue weighted by molar-refractivity contribution is 5.88. The van der Waals surface area contributed by atoms with E-state index in [0.717, 1.165) is 41.1 Å². The molecule has 2 aromatic heterocycles. The number of hydrogen-bond acceptors (Lipinski definition) is 7. The van der Waals surface area contributed by atoms with Crippen molar-refractivity contribution in [2.45, 2.75) is 12.8 Å². The van der Waals surface area contributed by atoms with Crippen LogP contribution in [0.3, 0.4) is 0 Å². The van der Waals surface area contributed by atoms with Gasteiger partial charge in [0.1, 0.15) is 5.52 Å². The van der Waals surface area contributed by atoms with Crippen molar-refractivity contribution in [3.63, 3.8) is 0 Å². The Hall–Kier alpha value is -3.73. The Bertz CT molecular complexity index is 1080. The monoisotopic (exact) mass is 401 g/mol. The van der Waals surface area contributed by atoms with Crippen LogP contribution in [-0.4, -0.2) is 59.0 Å². The summed E-state index contributed by atoms with van der Waals surface area (Å²) in [6, 6.07) is 12.3. The van der Waals surface area contributed by atoms with Crippen molar-refractivity contribution in [2.24, 2.45) is 0 Å². The van der Waals surface area contributed by atoms with E-state index in [1.54, 1.807) is 12.4 Å². The average Bonchev–Trinajstić information content (AvgIpc) is 2.82. The van der Waals surface area contributed by atoms with Gasteiger partial charge in [0.15, 0.2) is 5.82 Å². The Morgan fingerprint density at radius 1 is 1.13 bits per heavy atom. The second-order valence-corrected chi connectivity index (χ2v) is 7.10. The number of amides is 1. The molecule has 0 atom stereocenters. The van der Waals surface area contributed by atoms with Crippen LogP contribution in [0, 0.1) is 11.3 Å². The Morgan fingerprint density at radius 2 is 1.87 bits per heavy atom. The van der Waals surface area contributed by atoms with Crippen LogP contribution in [0.5, 0.6) is 0 Å². The van der Waals surface area contributed by atoms with E-state index < -0.39 is 0 Å². The van der Waals surface area contributed by atoms with Gasteiger partial charge in [-0.15, -0.1) is 0 Å². The molecule has 4 rings (SSSR count). The highest BCUT2D eigenvalue weighted by Gasteiger charge is 2.21. The molecule has 1 amide bonds. The van der Waals surface area contributed by atoms with Crippen LogP contribution < -0.4 is 10.2 Å². The van der Waals surface area contributed by atoms with E-state index in [9.17, 15) is 4.79 Å². The molecule has 1 aliphatic rings. The van der Waals surface area contributed by atoms with Gasteiger partial charge in [-0.3, -0.25) is 9.78 Å². The molecule has 152 valence electrons. The lowest BCUT2D eigenvalue weighted by Gasteiger charge is -2.36. The molecule has 1 aromatic carbocycles. The molecule has 1 N–H and O–H groups in total. The number of carbonyl (C=O) groups is 1. The zero-order valence-electron chi connectivity index (χ0n) is 16.9. The Labute approximate surface area is 175 Å². The predicted octanol–water partition coefficient (Wildman–Crippen LogP) is 2.69. The number of fused-ring (bicyclic) bond motifs is 1. The zero-order chi connectivity index (χ0) is 20.9. The van der Waals surface area contributed by atoms with E-state index in [1.165, 1.54) is 0 Å². The Kier molecular flexibility index (Phi) is 5.70. The first-order valence-electron chi connectivity index (χ1n) is 9.99. The summed E-state index contributed by atoms with van der Waals surface area (Å²) < 4.78 is 0. The lowest BCUT2D eigenvalue weighted by Crippen LogP contribution is -2.48. The fourth-order valence-electron chi connectivity index (χ4n) is 3.67. The van der Waals surface area contributed by atoms with Crippen molar-refractivity contribution in [1.29, 1.82) is 5.26 Å². The molecule has 0 bridgehead atoms. The van der Waals surface area contributed by atoms with Gasteiger partial charge in [0.25, 0.3) is 0 Å². The molecule has 1 saturated heterocycles. The minimum absolute atomic E-state index is 0.0670. The number of carbonyl (C=O) groups excluding carboxylic acids is 1. The molecule has 0 unspecified atom stereocenters. The molecule has 3 aromatic rings. The Morgan fingerprint density at radius 3 is 2.57 bits per heavy atom. The maximum atomic E-state index is 12.1. The van der Waals surface area contributed by atoms with Crippen LogP contribution in [-0.2, 0) is 4.79 Å². The summed E-state index contributed by atoms with van der Waals surface area (Å²) in [5, 5.41) is 11.7. The fourth-order valence-corrected chi connectivity index (χ4v) is 3.67. The van der Waals surface area contributed by atoms with Gasteiger partial charge in [-0.1, -0.05) is 12.1 Å². The molecule has 0 saturated carbocycles. The molecule has 0 spiro atoms. The molecule has 0 radical (unpaired) electrons. The largest absolute Gasteiger partial charge is 0.371 e. The second kappa shape index (κ2) is 8.74. The lowest BCUT2D eigenvalue weighted by atomic mass is 10.1. The van der Waals surface area contributed by atoms with E-state index in [1.807, 2.05) is 24.1 Å². The maximum absolute atomic E-state index is 12.1. The van der Waals surface area contributed by atoms with Crippen molar-refractivity contribution in [2.75, 3.05) is 43.4 Å². The van der Waals surface area contributed by atoms with Crippen molar-refractivity contribution in [3.05, 3.63) is 42.7 Å².